The minimum atomic E-state index is -0.630. The first-order valence-corrected chi connectivity index (χ1v) is 12.8. The predicted octanol–water partition coefficient (Wildman–Crippen LogP) is 3.81. The molecule has 36 heavy (non-hydrogen) atoms. The highest BCUT2D eigenvalue weighted by atomic mass is 32.1. The molecule has 2 aromatic heterocycles. The first-order chi connectivity index (χ1) is 17.6. The van der Waals surface area contributed by atoms with Gasteiger partial charge in [-0.2, -0.15) is 4.98 Å². The van der Waals surface area contributed by atoms with Crippen molar-refractivity contribution in [3.05, 3.63) is 71.1 Å². The molecule has 184 valence electrons. The summed E-state index contributed by atoms with van der Waals surface area (Å²) < 4.78 is 0. The molecule has 1 saturated heterocycles. The maximum atomic E-state index is 13.2. The number of fused-ring (bicyclic) bond motifs is 1. The van der Waals surface area contributed by atoms with Crippen LogP contribution < -0.4 is 10.2 Å². The van der Waals surface area contributed by atoms with E-state index in [9.17, 15) is 9.59 Å². The van der Waals surface area contributed by atoms with E-state index in [4.69, 9.17) is 5.11 Å². The SMILES string of the molecule is CCc1cc2c(N3CCN(C(=O)c4ccc(-c5ccccc5)cc4)CC3)nc(NC(=O)CO)nc2s1. The van der Waals surface area contributed by atoms with Crippen molar-refractivity contribution in [2.24, 2.45) is 0 Å². The van der Waals surface area contributed by atoms with E-state index in [-0.39, 0.29) is 11.9 Å². The van der Waals surface area contributed by atoms with Crippen LogP contribution in [0, 0.1) is 0 Å². The van der Waals surface area contributed by atoms with Crippen LogP contribution in [-0.2, 0) is 11.2 Å². The number of rotatable bonds is 6. The lowest BCUT2D eigenvalue weighted by atomic mass is 10.0. The van der Waals surface area contributed by atoms with Gasteiger partial charge < -0.3 is 14.9 Å². The van der Waals surface area contributed by atoms with Gasteiger partial charge in [0.15, 0.2) is 0 Å². The highest BCUT2D eigenvalue weighted by Crippen LogP contribution is 2.33. The third kappa shape index (κ3) is 4.93. The zero-order valence-corrected chi connectivity index (χ0v) is 20.8. The average molecular weight is 502 g/mol. The van der Waals surface area contributed by atoms with Crippen LogP contribution in [0.15, 0.2) is 60.7 Å². The van der Waals surface area contributed by atoms with E-state index in [0.29, 0.717) is 31.7 Å². The Bertz CT molecular complexity index is 1380. The summed E-state index contributed by atoms with van der Waals surface area (Å²) in [5.74, 6) is 0.379. The van der Waals surface area contributed by atoms with Crippen molar-refractivity contribution < 1.29 is 14.7 Å². The van der Waals surface area contributed by atoms with Gasteiger partial charge in [-0.3, -0.25) is 14.9 Å². The Balaban J connectivity index is 1.31. The molecule has 5 rings (SSSR count). The zero-order chi connectivity index (χ0) is 25.1. The molecule has 0 bridgehead atoms. The summed E-state index contributed by atoms with van der Waals surface area (Å²) in [7, 11) is 0. The third-order valence-corrected chi connectivity index (χ3v) is 7.45. The Morgan fingerprint density at radius 1 is 0.972 bits per heavy atom. The van der Waals surface area contributed by atoms with Crippen LogP contribution in [0.4, 0.5) is 11.8 Å². The molecule has 4 aromatic rings. The van der Waals surface area contributed by atoms with Crippen LogP contribution >= 0.6 is 11.3 Å². The summed E-state index contributed by atoms with van der Waals surface area (Å²) in [6, 6.07) is 19.9. The number of carbonyl (C=O) groups is 2. The fourth-order valence-corrected chi connectivity index (χ4v) is 5.29. The number of amides is 2. The summed E-state index contributed by atoms with van der Waals surface area (Å²) in [5, 5.41) is 12.6. The average Bonchev–Trinajstić information content (AvgIpc) is 3.36. The van der Waals surface area contributed by atoms with Crippen LogP contribution in [0.5, 0.6) is 0 Å². The van der Waals surface area contributed by atoms with Crippen LogP contribution in [0.1, 0.15) is 22.2 Å². The smallest absolute Gasteiger partial charge is 0.253 e. The highest BCUT2D eigenvalue weighted by molar-refractivity contribution is 7.18. The number of anilines is 2. The Hall–Kier alpha value is -3.82. The summed E-state index contributed by atoms with van der Waals surface area (Å²) in [6.07, 6.45) is 0.879. The van der Waals surface area contributed by atoms with Gasteiger partial charge >= 0.3 is 0 Å². The van der Waals surface area contributed by atoms with Crippen LogP contribution in [0.2, 0.25) is 0 Å². The summed E-state index contributed by atoms with van der Waals surface area (Å²) in [4.78, 5) is 39.9. The van der Waals surface area contributed by atoms with Crippen molar-refractivity contribution in [1.82, 2.24) is 14.9 Å². The van der Waals surface area contributed by atoms with E-state index in [0.717, 1.165) is 33.6 Å². The molecule has 2 aromatic carbocycles. The molecule has 3 heterocycles. The number of aryl methyl sites for hydroxylation is 1. The Morgan fingerprint density at radius 3 is 2.33 bits per heavy atom. The zero-order valence-electron chi connectivity index (χ0n) is 20.0. The quantitative estimate of drug-likeness (QED) is 0.417. The molecule has 0 radical (unpaired) electrons. The second kappa shape index (κ2) is 10.4. The van der Waals surface area contributed by atoms with Crippen molar-refractivity contribution in [3.8, 4) is 11.1 Å². The highest BCUT2D eigenvalue weighted by Gasteiger charge is 2.25. The van der Waals surface area contributed by atoms with Gasteiger partial charge in [0, 0.05) is 36.6 Å². The number of aliphatic hydroxyl groups is 1. The molecule has 1 fully saturated rings. The largest absolute Gasteiger partial charge is 0.387 e. The van der Waals surface area contributed by atoms with Gasteiger partial charge in [-0.1, -0.05) is 49.4 Å². The van der Waals surface area contributed by atoms with Gasteiger partial charge in [-0.05, 0) is 35.7 Å². The number of nitrogens with one attached hydrogen (secondary N) is 1. The lowest BCUT2D eigenvalue weighted by Crippen LogP contribution is -2.49. The molecule has 0 spiro atoms. The molecular formula is C27H27N5O3S. The minimum Gasteiger partial charge on any atom is -0.387 e. The standard InChI is InChI=1S/C27H27N5O3S/c1-2-21-16-22-24(29-27(28-23(34)17-33)30-25(22)36-21)31-12-14-32(15-13-31)26(35)20-10-8-19(9-11-20)18-6-4-3-5-7-18/h3-11,16,33H,2,12-15,17H2,1H3,(H,28,29,30,34). The molecule has 0 unspecified atom stereocenters. The van der Waals surface area contributed by atoms with Crippen LogP contribution in [0.25, 0.3) is 21.3 Å². The molecule has 0 saturated carbocycles. The van der Waals surface area contributed by atoms with Gasteiger partial charge in [0.1, 0.15) is 17.3 Å². The van der Waals surface area contributed by atoms with E-state index in [1.165, 1.54) is 4.88 Å². The van der Waals surface area contributed by atoms with Gasteiger partial charge in [0.05, 0.1) is 5.39 Å². The normalized spacial score (nSPS) is 13.7. The molecule has 2 amide bonds. The molecule has 0 atom stereocenters. The fourth-order valence-electron chi connectivity index (χ4n) is 4.33. The first-order valence-electron chi connectivity index (χ1n) is 12.0. The van der Waals surface area contributed by atoms with Crippen LogP contribution in [0.3, 0.4) is 0 Å². The molecule has 1 aliphatic heterocycles. The third-order valence-electron chi connectivity index (χ3n) is 6.27. The van der Waals surface area contributed by atoms with Gasteiger partial charge in [0.25, 0.3) is 11.8 Å². The number of thiophene rings is 1. The van der Waals surface area contributed by atoms with E-state index in [2.05, 4.69) is 45.3 Å². The number of aromatic nitrogens is 2. The van der Waals surface area contributed by atoms with Gasteiger partial charge in [-0.15, -0.1) is 11.3 Å². The maximum absolute atomic E-state index is 13.2. The van der Waals surface area contributed by atoms with Crippen LogP contribution in [-0.4, -0.2) is 64.6 Å². The van der Waals surface area contributed by atoms with Gasteiger partial charge in [-0.25, -0.2) is 4.98 Å². The second-order valence-electron chi connectivity index (χ2n) is 8.58. The van der Waals surface area contributed by atoms with E-state index >= 15 is 0 Å². The number of piperazine rings is 1. The molecule has 0 aliphatic carbocycles. The molecule has 1 aliphatic rings. The number of benzene rings is 2. The van der Waals surface area contributed by atoms with E-state index in [1.807, 2.05) is 47.4 Å². The Labute approximate surface area is 213 Å². The number of hydrogen-bond donors (Lipinski definition) is 2. The number of nitrogens with zero attached hydrogens (tertiary/aromatic N) is 4. The lowest BCUT2D eigenvalue weighted by Gasteiger charge is -2.35. The van der Waals surface area contributed by atoms with Gasteiger partial charge in [0.2, 0.25) is 5.95 Å². The van der Waals surface area contributed by atoms with Crippen molar-refractivity contribution in [1.29, 1.82) is 0 Å². The number of hydrogen-bond acceptors (Lipinski definition) is 7. The molecule has 8 nitrogen and oxygen atoms in total. The minimum absolute atomic E-state index is 0.0156. The van der Waals surface area contributed by atoms with Crippen molar-refractivity contribution >= 4 is 45.1 Å². The number of aliphatic hydroxyl groups excluding tert-OH is 1. The van der Waals surface area contributed by atoms with E-state index in [1.54, 1.807) is 11.3 Å². The lowest BCUT2D eigenvalue weighted by molar-refractivity contribution is -0.118. The number of carbonyl (C=O) groups excluding carboxylic acids is 2. The monoisotopic (exact) mass is 501 g/mol. The molecular weight excluding hydrogens is 474 g/mol. The predicted molar refractivity (Wildman–Crippen MR) is 143 cm³/mol. The molecule has 2 N–H and O–H groups in total. The summed E-state index contributed by atoms with van der Waals surface area (Å²) in [6.45, 7) is 3.81. The van der Waals surface area contributed by atoms with Crippen molar-refractivity contribution in [2.75, 3.05) is 43.0 Å². The topological polar surface area (TPSA) is 98.7 Å². The van der Waals surface area contributed by atoms with E-state index < -0.39 is 12.5 Å². The van der Waals surface area contributed by atoms with Crippen molar-refractivity contribution in [3.63, 3.8) is 0 Å². The summed E-state index contributed by atoms with van der Waals surface area (Å²) in [5.41, 5.74) is 2.87. The fraction of sp³-hybridized carbons (Fsp3) is 0.259. The maximum Gasteiger partial charge on any atom is 0.253 e. The van der Waals surface area contributed by atoms with Crippen molar-refractivity contribution in [2.45, 2.75) is 13.3 Å². The molecule has 9 heteroatoms. The second-order valence-corrected chi connectivity index (χ2v) is 9.70. The Morgan fingerprint density at radius 2 is 1.67 bits per heavy atom. The Kier molecular flexibility index (Phi) is 6.92. The first kappa shape index (κ1) is 23.9. The summed E-state index contributed by atoms with van der Waals surface area (Å²) >= 11 is 1.57.